The zero-order valence-electron chi connectivity index (χ0n) is 6.47. The highest BCUT2D eigenvalue weighted by Gasteiger charge is 2.12. The van der Waals surface area contributed by atoms with Gasteiger partial charge in [0.15, 0.2) is 0 Å². The third kappa shape index (κ3) is 1.48. The third-order valence-corrected chi connectivity index (χ3v) is 1.65. The molecule has 0 saturated heterocycles. The van der Waals surface area contributed by atoms with Crippen LogP contribution >= 0.6 is 11.6 Å². The summed E-state index contributed by atoms with van der Waals surface area (Å²) in [6.07, 6.45) is 0. The zero-order valence-corrected chi connectivity index (χ0v) is 7.22. The van der Waals surface area contributed by atoms with E-state index in [4.69, 9.17) is 23.1 Å². The molecule has 0 aliphatic rings. The van der Waals surface area contributed by atoms with Crippen molar-refractivity contribution in [1.29, 1.82) is 0 Å². The van der Waals surface area contributed by atoms with Crippen LogP contribution in [0.3, 0.4) is 0 Å². The van der Waals surface area contributed by atoms with Crippen molar-refractivity contribution in [3.8, 4) is 0 Å². The number of nitrogens with two attached hydrogens (primary N) is 2. The van der Waals surface area contributed by atoms with Crippen molar-refractivity contribution >= 4 is 23.2 Å². The van der Waals surface area contributed by atoms with Gasteiger partial charge in [0.25, 0.3) is 5.91 Å². The average Bonchev–Trinajstić information content (AvgIpc) is 1.82. The molecular formula is C7H8ClN3O. The van der Waals surface area contributed by atoms with Crippen LogP contribution in [0.5, 0.6) is 0 Å². The molecule has 0 aliphatic carbocycles. The molecule has 1 aromatic rings. The van der Waals surface area contributed by atoms with Crippen molar-refractivity contribution < 1.29 is 4.79 Å². The number of carbonyl (C=O) groups is 1. The molecule has 0 spiro atoms. The summed E-state index contributed by atoms with van der Waals surface area (Å²) in [5.74, 6) is -0.662. The molecule has 64 valence electrons. The van der Waals surface area contributed by atoms with Crippen LogP contribution in [0, 0.1) is 6.92 Å². The summed E-state index contributed by atoms with van der Waals surface area (Å²) in [6, 6.07) is 1.55. The molecule has 0 radical (unpaired) electrons. The van der Waals surface area contributed by atoms with Gasteiger partial charge >= 0.3 is 0 Å². The number of rotatable bonds is 1. The van der Waals surface area contributed by atoms with Gasteiger partial charge < -0.3 is 11.5 Å². The number of nitrogen functional groups attached to an aromatic ring is 1. The van der Waals surface area contributed by atoms with E-state index in [1.54, 1.807) is 13.0 Å². The molecule has 0 saturated carbocycles. The maximum absolute atomic E-state index is 10.8. The van der Waals surface area contributed by atoms with Crippen LogP contribution in [0.1, 0.15) is 16.1 Å². The van der Waals surface area contributed by atoms with Gasteiger partial charge in [-0.15, -0.1) is 0 Å². The lowest BCUT2D eigenvalue weighted by molar-refractivity contribution is 0.100. The summed E-state index contributed by atoms with van der Waals surface area (Å²) in [7, 11) is 0. The van der Waals surface area contributed by atoms with Crippen LogP contribution in [-0.4, -0.2) is 10.9 Å². The summed E-state index contributed by atoms with van der Waals surface area (Å²) in [6.45, 7) is 1.73. The number of primary amides is 1. The smallest absolute Gasteiger partial charge is 0.253 e. The normalized spacial score (nSPS) is 9.83. The monoisotopic (exact) mass is 185 g/mol. The number of aryl methyl sites for hydroxylation is 1. The van der Waals surface area contributed by atoms with Gasteiger partial charge in [-0.05, 0) is 13.0 Å². The lowest BCUT2D eigenvalue weighted by Gasteiger charge is -2.03. The van der Waals surface area contributed by atoms with Gasteiger partial charge in [-0.2, -0.15) is 0 Å². The molecule has 1 rings (SSSR count). The molecule has 0 unspecified atom stereocenters. The fourth-order valence-electron chi connectivity index (χ4n) is 0.903. The Labute approximate surface area is 74.5 Å². The second-order valence-electron chi connectivity index (χ2n) is 2.38. The first-order chi connectivity index (χ1) is 5.52. The Balaban J connectivity index is 3.38. The van der Waals surface area contributed by atoms with Gasteiger partial charge in [0.2, 0.25) is 0 Å². The Morgan fingerprint density at radius 1 is 1.67 bits per heavy atom. The molecule has 0 aliphatic heterocycles. The Hall–Kier alpha value is -1.29. The molecule has 12 heavy (non-hydrogen) atoms. The first kappa shape index (κ1) is 8.80. The molecule has 1 heterocycles. The SMILES string of the molecule is Cc1cc(N)c(C(N)=O)c(Cl)n1. The second-order valence-corrected chi connectivity index (χ2v) is 2.74. The van der Waals surface area contributed by atoms with Crippen LogP contribution in [0.15, 0.2) is 6.07 Å². The van der Waals surface area contributed by atoms with Crippen LogP contribution in [-0.2, 0) is 0 Å². The fourth-order valence-corrected chi connectivity index (χ4v) is 1.24. The summed E-state index contributed by atoms with van der Waals surface area (Å²) in [5, 5.41) is 0.0556. The molecular weight excluding hydrogens is 178 g/mol. The van der Waals surface area contributed by atoms with E-state index in [0.29, 0.717) is 5.69 Å². The Morgan fingerprint density at radius 2 is 2.25 bits per heavy atom. The topological polar surface area (TPSA) is 82.0 Å². The van der Waals surface area contributed by atoms with Crippen molar-refractivity contribution in [2.24, 2.45) is 5.73 Å². The largest absolute Gasteiger partial charge is 0.398 e. The zero-order chi connectivity index (χ0) is 9.30. The van der Waals surface area contributed by atoms with Gasteiger partial charge in [0.1, 0.15) is 5.15 Å². The lowest BCUT2D eigenvalue weighted by atomic mass is 10.2. The van der Waals surface area contributed by atoms with E-state index in [1.807, 2.05) is 0 Å². The van der Waals surface area contributed by atoms with Gasteiger partial charge in [0.05, 0.1) is 5.56 Å². The van der Waals surface area contributed by atoms with E-state index in [-0.39, 0.29) is 16.4 Å². The Kier molecular flexibility index (Phi) is 2.19. The van der Waals surface area contributed by atoms with Gasteiger partial charge in [0, 0.05) is 11.4 Å². The number of amides is 1. The van der Waals surface area contributed by atoms with E-state index < -0.39 is 5.91 Å². The minimum Gasteiger partial charge on any atom is -0.398 e. The molecule has 4 N–H and O–H groups in total. The standard InChI is InChI=1S/C7H8ClN3O/c1-3-2-4(9)5(7(10)12)6(8)11-3/h2H,1H3,(H2,9,11)(H2,10,12). The molecule has 0 atom stereocenters. The molecule has 0 fully saturated rings. The van der Waals surface area contributed by atoms with Crippen molar-refractivity contribution in [2.75, 3.05) is 5.73 Å². The highest BCUT2D eigenvalue weighted by molar-refractivity contribution is 6.33. The number of carbonyl (C=O) groups excluding carboxylic acids is 1. The van der Waals surface area contributed by atoms with Crippen molar-refractivity contribution in [2.45, 2.75) is 6.92 Å². The van der Waals surface area contributed by atoms with E-state index in [1.165, 1.54) is 0 Å². The first-order valence-electron chi connectivity index (χ1n) is 3.25. The maximum atomic E-state index is 10.8. The second kappa shape index (κ2) is 2.98. The molecule has 0 aromatic carbocycles. The van der Waals surface area contributed by atoms with E-state index in [2.05, 4.69) is 4.98 Å². The molecule has 1 amide bonds. The minimum absolute atomic E-state index is 0.0556. The van der Waals surface area contributed by atoms with Crippen LogP contribution in [0.4, 0.5) is 5.69 Å². The molecule has 4 nitrogen and oxygen atoms in total. The van der Waals surface area contributed by atoms with Gasteiger partial charge in [-0.3, -0.25) is 4.79 Å². The van der Waals surface area contributed by atoms with Crippen LogP contribution in [0.2, 0.25) is 5.15 Å². The van der Waals surface area contributed by atoms with Crippen molar-refractivity contribution in [1.82, 2.24) is 4.98 Å². The minimum atomic E-state index is -0.662. The Bertz CT molecular complexity index is 314. The van der Waals surface area contributed by atoms with Crippen molar-refractivity contribution in [3.05, 3.63) is 22.5 Å². The predicted octanol–water partition coefficient (Wildman–Crippen LogP) is 0.725. The first-order valence-corrected chi connectivity index (χ1v) is 3.62. The highest BCUT2D eigenvalue weighted by Crippen LogP contribution is 2.20. The number of anilines is 1. The number of halogens is 1. The Morgan fingerprint density at radius 3 is 2.67 bits per heavy atom. The lowest BCUT2D eigenvalue weighted by Crippen LogP contribution is -2.15. The number of aromatic nitrogens is 1. The number of hydrogen-bond acceptors (Lipinski definition) is 3. The highest BCUT2D eigenvalue weighted by atomic mass is 35.5. The number of hydrogen-bond donors (Lipinski definition) is 2. The molecule has 5 heteroatoms. The summed E-state index contributed by atoms with van der Waals surface area (Å²) in [4.78, 5) is 14.6. The molecule has 1 aromatic heterocycles. The quantitative estimate of drug-likeness (QED) is 0.633. The number of nitrogens with zero attached hydrogens (tertiary/aromatic N) is 1. The van der Waals surface area contributed by atoms with E-state index in [9.17, 15) is 4.79 Å². The summed E-state index contributed by atoms with van der Waals surface area (Å²) in [5.41, 5.74) is 11.5. The van der Waals surface area contributed by atoms with Gasteiger partial charge in [-0.25, -0.2) is 4.98 Å². The predicted molar refractivity (Wildman–Crippen MR) is 46.9 cm³/mol. The summed E-state index contributed by atoms with van der Waals surface area (Å²) >= 11 is 5.64. The van der Waals surface area contributed by atoms with Gasteiger partial charge in [-0.1, -0.05) is 11.6 Å². The average molecular weight is 186 g/mol. The van der Waals surface area contributed by atoms with E-state index in [0.717, 1.165) is 0 Å². The fraction of sp³-hybridized carbons (Fsp3) is 0.143. The molecule has 0 bridgehead atoms. The summed E-state index contributed by atoms with van der Waals surface area (Å²) < 4.78 is 0. The maximum Gasteiger partial charge on any atom is 0.253 e. The number of pyridine rings is 1. The third-order valence-electron chi connectivity index (χ3n) is 1.38. The van der Waals surface area contributed by atoms with E-state index >= 15 is 0 Å². The van der Waals surface area contributed by atoms with Crippen LogP contribution in [0.25, 0.3) is 0 Å². The van der Waals surface area contributed by atoms with Crippen LogP contribution < -0.4 is 11.5 Å². The van der Waals surface area contributed by atoms with Crippen molar-refractivity contribution in [3.63, 3.8) is 0 Å².